The molecule has 0 saturated carbocycles. The molecule has 3 N–H and O–H groups in total. The normalized spacial score (nSPS) is 15.0. The van der Waals surface area contributed by atoms with Crippen LogP contribution < -0.4 is 19.9 Å². The molecule has 1 heterocycles. The van der Waals surface area contributed by atoms with Crippen LogP contribution in [0, 0.1) is 0 Å². The maximum Gasteiger partial charge on any atom is 0.279 e. The molecule has 6 heteroatoms. The molecule has 1 fully saturated rings. The number of carbonyl (C=O) groups is 1. The van der Waals surface area contributed by atoms with Crippen molar-refractivity contribution >= 4 is 17.3 Å². The van der Waals surface area contributed by atoms with Crippen LogP contribution in [-0.4, -0.2) is 50.8 Å². The SMILES string of the molecule is COc1cccc(NC(=O)C[NH+]2CCN(c3ccccc3O)CC2)c1. The number of rotatable bonds is 5. The van der Waals surface area contributed by atoms with Crippen molar-refractivity contribution in [2.45, 2.75) is 0 Å². The molecule has 0 atom stereocenters. The fourth-order valence-corrected chi connectivity index (χ4v) is 3.11. The molecule has 0 spiro atoms. The number of ether oxygens (including phenoxy) is 1. The summed E-state index contributed by atoms with van der Waals surface area (Å²) >= 11 is 0. The molecule has 1 aliphatic rings. The summed E-state index contributed by atoms with van der Waals surface area (Å²) in [6, 6.07) is 14.7. The lowest BCUT2D eigenvalue weighted by molar-refractivity contribution is -0.892. The highest BCUT2D eigenvalue weighted by molar-refractivity contribution is 5.91. The minimum Gasteiger partial charge on any atom is -0.506 e. The zero-order valence-electron chi connectivity index (χ0n) is 14.4. The highest BCUT2D eigenvalue weighted by atomic mass is 16.5. The Bertz CT molecular complexity index is 727. The molecule has 132 valence electrons. The van der Waals surface area contributed by atoms with Gasteiger partial charge in [-0.15, -0.1) is 0 Å². The number of para-hydroxylation sites is 2. The molecule has 25 heavy (non-hydrogen) atoms. The molecule has 0 aromatic heterocycles. The maximum absolute atomic E-state index is 12.3. The Kier molecular flexibility index (Phi) is 5.40. The van der Waals surface area contributed by atoms with E-state index in [4.69, 9.17) is 4.74 Å². The molecular weight excluding hydrogens is 318 g/mol. The van der Waals surface area contributed by atoms with Crippen molar-refractivity contribution in [3.05, 3.63) is 48.5 Å². The zero-order chi connectivity index (χ0) is 17.6. The Morgan fingerprint density at radius 2 is 1.96 bits per heavy atom. The minimum absolute atomic E-state index is 0.000684. The Hall–Kier alpha value is -2.73. The lowest BCUT2D eigenvalue weighted by atomic mass is 10.2. The largest absolute Gasteiger partial charge is 0.506 e. The number of nitrogens with zero attached hydrogens (tertiary/aromatic N) is 1. The number of nitrogens with one attached hydrogen (secondary N) is 2. The first-order chi connectivity index (χ1) is 12.2. The third-order valence-electron chi connectivity index (χ3n) is 4.46. The van der Waals surface area contributed by atoms with Gasteiger partial charge in [-0.3, -0.25) is 4.79 Å². The fraction of sp³-hybridized carbons (Fsp3) is 0.316. The summed E-state index contributed by atoms with van der Waals surface area (Å²) in [6.07, 6.45) is 0. The Morgan fingerprint density at radius 3 is 2.68 bits per heavy atom. The fourth-order valence-electron chi connectivity index (χ4n) is 3.11. The van der Waals surface area contributed by atoms with Crippen LogP contribution >= 0.6 is 0 Å². The van der Waals surface area contributed by atoms with Gasteiger partial charge in [0, 0.05) is 11.8 Å². The van der Waals surface area contributed by atoms with Gasteiger partial charge in [0.25, 0.3) is 5.91 Å². The molecule has 1 saturated heterocycles. The van der Waals surface area contributed by atoms with E-state index in [1.165, 1.54) is 4.90 Å². The van der Waals surface area contributed by atoms with Crippen molar-refractivity contribution in [2.75, 3.05) is 50.1 Å². The van der Waals surface area contributed by atoms with E-state index in [0.29, 0.717) is 12.3 Å². The maximum atomic E-state index is 12.3. The number of phenolic OH excluding ortho intramolecular Hbond substituents is 1. The monoisotopic (exact) mass is 342 g/mol. The highest BCUT2D eigenvalue weighted by Gasteiger charge is 2.23. The van der Waals surface area contributed by atoms with Crippen molar-refractivity contribution in [2.24, 2.45) is 0 Å². The molecule has 1 aliphatic heterocycles. The van der Waals surface area contributed by atoms with Crippen molar-refractivity contribution < 1.29 is 19.5 Å². The predicted octanol–water partition coefficient (Wildman–Crippen LogP) is 0.744. The van der Waals surface area contributed by atoms with E-state index in [1.807, 2.05) is 42.5 Å². The molecule has 2 aromatic carbocycles. The number of piperazine rings is 1. The second kappa shape index (κ2) is 7.90. The van der Waals surface area contributed by atoms with E-state index in [-0.39, 0.29) is 5.91 Å². The van der Waals surface area contributed by atoms with Crippen molar-refractivity contribution in [3.8, 4) is 11.5 Å². The van der Waals surface area contributed by atoms with Crippen LogP contribution in [0.2, 0.25) is 0 Å². The van der Waals surface area contributed by atoms with Gasteiger partial charge in [-0.1, -0.05) is 18.2 Å². The molecule has 0 aliphatic carbocycles. The first kappa shape index (κ1) is 17.1. The van der Waals surface area contributed by atoms with Gasteiger partial charge < -0.3 is 25.0 Å². The molecule has 2 aromatic rings. The van der Waals surface area contributed by atoms with Crippen molar-refractivity contribution in [3.63, 3.8) is 0 Å². The number of hydrogen-bond donors (Lipinski definition) is 3. The molecule has 6 nitrogen and oxygen atoms in total. The van der Waals surface area contributed by atoms with E-state index >= 15 is 0 Å². The van der Waals surface area contributed by atoms with Crippen LogP contribution in [0.3, 0.4) is 0 Å². The van der Waals surface area contributed by atoms with E-state index in [0.717, 1.165) is 43.3 Å². The lowest BCUT2D eigenvalue weighted by Crippen LogP contribution is -3.15. The number of benzene rings is 2. The topological polar surface area (TPSA) is 66.2 Å². The number of phenols is 1. The van der Waals surface area contributed by atoms with E-state index in [1.54, 1.807) is 13.2 Å². The van der Waals surface area contributed by atoms with Crippen LogP contribution in [0.1, 0.15) is 0 Å². The Balaban J connectivity index is 1.50. The summed E-state index contributed by atoms with van der Waals surface area (Å²) in [5.41, 5.74) is 1.61. The van der Waals surface area contributed by atoms with Gasteiger partial charge in [0.05, 0.1) is 39.0 Å². The van der Waals surface area contributed by atoms with Gasteiger partial charge in [-0.25, -0.2) is 0 Å². The predicted molar refractivity (Wildman–Crippen MR) is 97.5 cm³/mol. The average molecular weight is 342 g/mol. The van der Waals surface area contributed by atoms with Gasteiger partial charge in [0.2, 0.25) is 0 Å². The van der Waals surface area contributed by atoms with Crippen LogP contribution in [0.4, 0.5) is 11.4 Å². The summed E-state index contributed by atoms with van der Waals surface area (Å²) in [5, 5.41) is 12.9. The number of aromatic hydroxyl groups is 1. The van der Waals surface area contributed by atoms with Gasteiger partial charge in [-0.2, -0.15) is 0 Å². The van der Waals surface area contributed by atoms with Gasteiger partial charge >= 0.3 is 0 Å². The molecule has 0 bridgehead atoms. The van der Waals surface area contributed by atoms with Crippen LogP contribution in [0.25, 0.3) is 0 Å². The number of hydrogen-bond acceptors (Lipinski definition) is 4. The minimum atomic E-state index is -0.000684. The van der Waals surface area contributed by atoms with Gasteiger partial charge in [0.1, 0.15) is 11.5 Å². The first-order valence-electron chi connectivity index (χ1n) is 8.46. The first-order valence-corrected chi connectivity index (χ1v) is 8.46. The molecule has 0 unspecified atom stereocenters. The van der Waals surface area contributed by atoms with Gasteiger partial charge in [-0.05, 0) is 24.3 Å². The number of anilines is 2. The third kappa shape index (κ3) is 4.42. The smallest absolute Gasteiger partial charge is 0.279 e. The summed E-state index contributed by atoms with van der Waals surface area (Å²) in [6.45, 7) is 3.80. The van der Waals surface area contributed by atoms with Crippen molar-refractivity contribution in [1.29, 1.82) is 0 Å². The van der Waals surface area contributed by atoms with Crippen LogP contribution in [-0.2, 0) is 4.79 Å². The second-order valence-electron chi connectivity index (χ2n) is 6.18. The summed E-state index contributed by atoms with van der Waals surface area (Å²) in [7, 11) is 1.61. The lowest BCUT2D eigenvalue weighted by Gasteiger charge is -2.33. The number of carbonyl (C=O) groups excluding carboxylic acids is 1. The third-order valence-corrected chi connectivity index (χ3v) is 4.46. The Labute approximate surface area is 147 Å². The zero-order valence-corrected chi connectivity index (χ0v) is 14.4. The number of amides is 1. The number of quaternary nitrogens is 1. The summed E-state index contributed by atoms with van der Waals surface area (Å²) in [4.78, 5) is 15.7. The molecule has 0 radical (unpaired) electrons. The standard InChI is InChI=1S/C19H23N3O3/c1-25-16-6-4-5-15(13-16)20-19(24)14-21-9-11-22(12-10-21)17-7-2-3-8-18(17)23/h2-8,13,23H,9-12,14H2,1H3,(H,20,24)/p+1. The number of methoxy groups -OCH3 is 1. The average Bonchev–Trinajstić information content (AvgIpc) is 2.63. The Morgan fingerprint density at radius 1 is 1.20 bits per heavy atom. The van der Waals surface area contributed by atoms with E-state index in [9.17, 15) is 9.90 Å². The summed E-state index contributed by atoms with van der Waals surface area (Å²) in [5.74, 6) is 1.03. The van der Waals surface area contributed by atoms with Crippen LogP contribution in [0.5, 0.6) is 11.5 Å². The van der Waals surface area contributed by atoms with E-state index in [2.05, 4.69) is 10.2 Å². The molecule has 1 amide bonds. The summed E-state index contributed by atoms with van der Waals surface area (Å²) < 4.78 is 5.17. The molecular formula is C19H24N3O3+. The van der Waals surface area contributed by atoms with E-state index < -0.39 is 0 Å². The quantitative estimate of drug-likeness (QED) is 0.750. The molecule has 3 rings (SSSR count). The second-order valence-corrected chi connectivity index (χ2v) is 6.18. The highest BCUT2D eigenvalue weighted by Crippen LogP contribution is 2.25. The van der Waals surface area contributed by atoms with Crippen molar-refractivity contribution in [1.82, 2.24) is 0 Å². The van der Waals surface area contributed by atoms with Crippen LogP contribution in [0.15, 0.2) is 48.5 Å². The van der Waals surface area contributed by atoms with Gasteiger partial charge in [0.15, 0.2) is 6.54 Å².